The third-order valence-corrected chi connectivity index (χ3v) is 8.16. The predicted octanol–water partition coefficient (Wildman–Crippen LogP) is 5.51. The Hall–Kier alpha value is -2.29. The molecular formula is C25H29N3. The van der Waals surface area contributed by atoms with Gasteiger partial charge in [-0.2, -0.15) is 0 Å². The van der Waals surface area contributed by atoms with Crippen LogP contribution in [0.3, 0.4) is 0 Å². The van der Waals surface area contributed by atoms with Gasteiger partial charge in [-0.25, -0.2) is 0 Å². The molecule has 0 radical (unpaired) electrons. The molecule has 0 amide bonds. The second kappa shape index (κ2) is 5.85. The van der Waals surface area contributed by atoms with Gasteiger partial charge in [0.1, 0.15) is 0 Å². The lowest BCUT2D eigenvalue weighted by Crippen LogP contribution is -2.61. The lowest BCUT2D eigenvalue weighted by Gasteiger charge is -2.60. The van der Waals surface area contributed by atoms with Crippen molar-refractivity contribution >= 4 is 11.6 Å². The van der Waals surface area contributed by atoms with Gasteiger partial charge in [0.15, 0.2) is 5.96 Å². The van der Waals surface area contributed by atoms with Gasteiger partial charge in [0.2, 0.25) is 0 Å². The number of benzene rings is 2. The van der Waals surface area contributed by atoms with Gasteiger partial charge in [-0.15, -0.1) is 0 Å². The fourth-order valence-corrected chi connectivity index (χ4v) is 7.20. The average molecular weight is 372 g/mol. The first-order valence-electron chi connectivity index (χ1n) is 10.9. The fraction of sp³-hybridized carbons (Fsp3) is 0.480. The van der Waals surface area contributed by atoms with Crippen molar-refractivity contribution in [3.63, 3.8) is 0 Å². The highest BCUT2D eigenvalue weighted by Gasteiger charge is 2.53. The van der Waals surface area contributed by atoms with Gasteiger partial charge in [0.05, 0.1) is 0 Å². The minimum atomic E-state index is 0.222. The van der Waals surface area contributed by atoms with Gasteiger partial charge in [-0.3, -0.25) is 5.41 Å². The Labute approximate surface area is 167 Å². The second-order valence-electron chi connectivity index (χ2n) is 9.84. The van der Waals surface area contributed by atoms with E-state index >= 15 is 0 Å². The molecule has 3 nitrogen and oxygen atoms in total. The molecule has 4 saturated carbocycles. The van der Waals surface area contributed by atoms with Crippen LogP contribution >= 0.6 is 0 Å². The van der Waals surface area contributed by atoms with Crippen LogP contribution in [0.2, 0.25) is 0 Å². The number of fused-ring (bicyclic) bond motifs is 3. The Morgan fingerprint density at radius 2 is 1.57 bits per heavy atom. The number of nitrogens with zero attached hydrogens (tertiary/aromatic N) is 1. The molecule has 2 aromatic rings. The van der Waals surface area contributed by atoms with Crippen molar-refractivity contribution in [1.82, 2.24) is 4.90 Å². The molecule has 0 unspecified atom stereocenters. The Balaban J connectivity index is 1.27. The maximum absolute atomic E-state index is 8.91. The summed E-state index contributed by atoms with van der Waals surface area (Å²) in [6.45, 7) is 0. The standard InChI is InChI=1S/C25H29N3/c1-28(25-13-16-9-17(14-25)11-18(10-16)15-25)24(26)27-23-8-4-7-21-20-6-3-2-5-19(20)12-22(21)23/h2-8,16-18H,9-15H2,1H3,(H2,26,27). The SMILES string of the molecule is CN(C(=N)Nc1cccc2c1Cc1ccccc1-2)C12CC3CC(CC(C3)C1)C2. The van der Waals surface area contributed by atoms with Crippen LogP contribution in [-0.2, 0) is 6.42 Å². The third kappa shape index (κ3) is 2.38. The van der Waals surface area contributed by atoms with Gasteiger partial charge in [-0.05, 0) is 84.6 Å². The fourth-order valence-electron chi connectivity index (χ4n) is 7.20. The summed E-state index contributed by atoms with van der Waals surface area (Å²) in [5.74, 6) is 3.28. The van der Waals surface area contributed by atoms with Gasteiger partial charge in [-0.1, -0.05) is 36.4 Å². The smallest absolute Gasteiger partial charge is 0.195 e. The largest absolute Gasteiger partial charge is 0.340 e. The van der Waals surface area contributed by atoms with Crippen LogP contribution < -0.4 is 5.32 Å². The van der Waals surface area contributed by atoms with E-state index < -0.39 is 0 Å². The highest BCUT2D eigenvalue weighted by molar-refractivity contribution is 5.95. The van der Waals surface area contributed by atoms with Crippen LogP contribution in [0.4, 0.5) is 5.69 Å². The molecule has 0 spiro atoms. The molecule has 5 aliphatic carbocycles. The maximum atomic E-state index is 8.91. The maximum Gasteiger partial charge on any atom is 0.195 e. The van der Waals surface area contributed by atoms with E-state index in [1.54, 1.807) is 0 Å². The Morgan fingerprint density at radius 3 is 2.29 bits per heavy atom. The van der Waals surface area contributed by atoms with E-state index in [0.29, 0.717) is 5.96 Å². The number of guanidine groups is 1. The molecule has 0 aromatic heterocycles. The lowest BCUT2D eigenvalue weighted by atomic mass is 9.52. The van der Waals surface area contributed by atoms with E-state index in [4.69, 9.17) is 5.41 Å². The van der Waals surface area contributed by atoms with Crippen molar-refractivity contribution in [2.24, 2.45) is 17.8 Å². The van der Waals surface area contributed by atoms with Crippen LogP contribution in [0.25, 0.3) is 11.1 Å². The number of rotatable bonds is 2. The summed E-state index contributed by atoms with van der Waals surface area (Å²) in [6.07, 6.45) is 9.16. The van der Waals surface area contributed by atoms with E-state index in [2.05, 4.69) is 59.7 Å². The van der Waals surface area contributed by atoms with Gasteiger partial charge in [0.25, 0.3) is 0 Å². The van der Waals surface area contributed by atoms with E-state index in [1.807, 2.05) is 0 Å². The van der Waals surface area contributed by atoms with Gasteiger partial charge in [0, 0.05) is 24.7 Å². The van der Waals surface area contributed by atoms with Crippen LogP contribution in [0.5, 0.6) is 0 Å². The van der Waals surface area contributed by atoms with Gasteiger partial charge >= 0.3 is 0 Å². The molecule has 28 heavy (non-hydrogen) atoms. The Bertz CT molecular complexity index is 925. The van der Waals surface area contributed by atoms with E-state index in [-0.39, 0.29) is 5.54 Å². The van der Waals surface area contributed by atoms with Crippen molar-refractivity contribution in [3.05, 3.63) is 53.6 Å². The quantitative estimate of drug-likeness (QED) is 0.461. The van der Waals surface area contributed by atoms with Crippen molar-refractivity contribution < 1.29 is 0 Å². The number of anilines is 1. The Morgan fingerprint density at radius 1 is 0.929 bits per heavy atom. The van der Waals surface area contributed by atoms with Crippen molar-refractivity contribution in [2.45, 2.75) is 50.5 Å². The highest BCUT2D eigenvalue weighted by Crippen LogP contribution is 2.57. The average Bonchev–Trinajstić information content (AvgIpc) is 3.06. The zero-order valence-electron chi connectivity index (χ0n) is 16.7. The minimum Gasteiger partial charge on any atom is -0.340 e. The predicted molar refractivity (Wildman–Crippen MR) is 115 cm³/mol. The van der Waals surface area contributed by atoms with Crippen LogP contribution in [0.1, 0.15) is 49.7 Å². The summed E-state index contributed by atoms with van der Waals surface area (Å²) in [4.78, 5) is 2.30. The Kier molecular flexibility index (Phi) is 3.48. The summed E-state index contributed by atoms with van der Waals surface area (Å²) in [5.41, 5.74) is 6.74. The highest BCUT2D eigenvalue weighted by atomic mass is 15.3. The van der Waals surface area contributed by atoms with Crippen molar-refractivity contribution in [3.8, 4) is 11.1 Å². The number of hydrogen-bond acceptors (Lipinski definition) is 1. The first-order chi connectivity index (χ1) is 13.6. The molecule has 2 N–H and O–H groups in total. The molecule has 7 rings (SSSR count). The van der Waals surface area contributed by atoms with Crippen LogP contribution in [0, 0.1) is 23.2 Å². The summed E-state index contributed by atoms with van der Waals surface area (Å²) in [6, 6.07) is 15.2. The normalized spacial score (nSPS) is 31.4. The molecule has 2 aromatic carbocycles. The molecular weight excluding hydrogens is 342 g/mol. The monoisotopic (exact) mass is 371 g/mol. The molecule has 0 saturated heterocycles. The summed E-state index contributed by atoms with van der Waals surface area (Å²) in [5, 5.41) is 12.4. The van der Waals surface area contributed by atoms with Crippen LogP contribution in [0.15, 0.2) is 42.5 Å². The molecule has 4 bridgehead atoms. The molecule has 4 fully saturated rings. The van der Waals surface area contributed by atoms with Crippen molar-refractivity contribution in [2.75, 3.05) is 12.4 Å². The lowest BCUT2D eigenvalue weighted by molar-refractivity contribution is -0.0548. The second-order valence-corrected chi connectivity index (χ2v) is 9.84. The third-order valence-electron chi connectivity index (χ3n) is 8.16. The molecule has 5 aliphatic rings. The molecule has 0 heterocycles. The van der Waals surface area contributed by atoms with E-state index in [0.717, 1.165) is 29.9 Å². The summed E-state index contributed by atoms with van der Waals surface area (Å²) >= 11 is 0. The van der Waals surface area contributed by atoms with Gasteiger partial charge < -0.3 is 10.2 Å². The summed E-state index contributed by atoms with van der Waals surface area (Å²) in [7, 11) is 2.17. The topological polar surface area (TPSA) is 39.1 Å². The molecule has 144 valence electrons. The minimum absolute atomic E-state index is 0.222. The van der Waals surface area contributed by atoms with E-state index in [9.17, 15) is 0 Å². The number of nitrogens with one attached hydrogen (secondary N) is 2. The zero-order chi connectivity index (χ0) is 18.9. The zero-order valence-corrected chi connectivity index (χ0v) is 16.7. The molecule has 3 heteroatoms. The van der Waals surface area contributed by atoms with Crippen molar-refractivity contribution in [1.29, 1.82) is 5.41 Å². The number of hydrogen-bond donors (Lipinski definition) is 2. The molecule has 0 atom stereocenters. The first kappa shape index (κ1) is 16.6. The van der Waals surface area contributed by atoms with Crippen LogP contribution in [-0.4, -0.2) is 23.4 Å². The first-order valence-corrected chi connectivity index (χ1v) is 10.9. The summed E-state index contributed by atoms with van der Waals surface area (Å²) < 4.78 is 0. The van der Waals surface area contributed by atoms with E-state index in [1.165, 1.54) is 60.8 Å². The molecule has 0 aliphatic heterocycles.